The van der Waals surface area contributed by atoms with Crippen molar-refractivity contribution in [2.24, 2.45) is 0 Å². The summed E-state index contributed by atoms with van der Waals surface area (Å²) >= 11 is -2.04. The topological polar surface area (TPSA) is 53.3 Å². The zero-order chi connectivity index (χ0) is 9.26. The van der Waals surface area contributed by atoms with Gasteiger partial charge in [0.15, 0.2) is 0 Å². The smallest absolute Gasteiger partial charge is 0.134 e. The molecule has 0 saturated heterocycles. The molecule has 0 aliphatic rings. The van der Waals surface area contributed by atoms with Gasteiger partial charge in [0.2, 0.25) is 0 Å². The van der Waals surface area contributed by atoms with Crippen LogP contribution in [0, 0.1) is 0 Å². The van der Waals surface area contributed by atoms with E-state index in [2.05, 4.69) is 0 Å². The van der Waals surface area contributed by atoms with E-state index in [4.69, 9.17) is 4.42 Å². The van der Waals surface area contributed by atoms with Crippen LogP contribution in [0.25, 0.3) is 11.0 Å². The van der Waals surface area contributed by atoms with Gasteiger partial charge >= 0.3 is 0 Å². The van der Waals surface area contributed by atoms with E-state index in [-0.39, 0.29) is 5.75 Å². The van der Waals surface area contributed by atoms with Crippen molar-refractivity contribution >= 4 is 22.0 Å². The van der Waals surface area contributed by atoms with Crippen LogP contribution in [0.4, 0.5) is 0 Å². The van der Waals surface area contributed by atoms with E-state index in [1.807, 2.05) is 12.1 Å². The van der Waals surface area contributed by atoms with E-state index in [1.165, 1.54) is 0 Å². The number of furan rings is 1. The molecule has 1 atom stereocenters. The summed E-state index contributed by atoms with van der Waals surface area (Å²) in [5.41, 5.74) is 1.47. The molecule has 1 heterocycles. The van der Waals surface area contributed by atoms with E-state index in [0.29, 0.717) is 0 Å². The highest BCUT2D eigenvalue weighted by Gasteiger charge is 1.98. The van der Waals surface area contributed by atoms with Crippen molar-refractivity contribution in [1.82, 2.24) is 0 Å². The molecular weight excluding hydrogens is 188 g/mol. The van der Waals surface area contributed by atoms with Gasteiger partial charge in [-0.25, -0.2) is 0 Å². The molecule has 0 N–H and O–H groups in total. The quantitative estimate of drug-likeness (QED) is 0.687. The van der Waals surface area contributed by atoms with Crippen molar-refractivity contribution in [3.8, 4) is 0 Å². The Hall–Kier alpha value is -1.13. The highest BCUT2D eigenvalue weighted by Crippen LogP contribution is 2.17. The molecule has 2 rings (SSSR count). The van der Waals surface area contributed by atoms with Crippen molar-refractivity contribution in [3.05, 3.63) is 36.1 Å². The number of rotatable bonds is 2. The Bertz CT molecular complexity index is 447. The number of fused-ring (bicyclic) bond motifs is 1. The first kappa shape index (κ1) is 8.47. The molecule has 0 amide bonds. The number of hydrogen-bond acceptors (Lipinski definition) is 3. The lowest BCUT2D eigenvalue weighted by Gasteiger charge is -2.03. The zero-order valence-corrected chi connectivity index (χ0v) is 7.54. The fourth-order valence-electron chi connectivity index (χ4n) is 1.23. The molecule has 13 heavy (non-hydrogen) atoms. The second kappa shape index (κ2) is 3.32. The fourth-order valence-corrected chi connectivity index (χ4v) is 1.68. The van der Waals surface area contributed by atoms with Gasteiger partial charge < -0.3 is 8.97 Å². The van der Waals surface area contributed by atoms with Crippen LogP contribution in [0.2, 0.25) is 0 Å². The van der Waals surface area contributed by atoms with Gasteiger partial charge in [-0.2, -0.15) is 0 Å². The molecule has 1 aromatic carbocycles. The zero-order valence-electron chi connectivity index (χ0n) is 6.73. The molecular formula is C9H7O3S-. The Balaban J connectivity index is 2.42. The summed E-state index contributed by atoms with van der Waals surface area (Å²) < 4.78 is 26.0. The van der Waals surface area contributed by atoms with Gasteiger partial charge in [-0.15, -0.1) is 0 Å². The minimum Gasteiger partial charge on any atom is -0.772 e. The van der Waals surface area contributed by atoms with Crippen molar-refractivity contribution in [2.75, 3.05) is 0 Å². The van der Waals surface area contributed by atoms with Gasteiger partial charge in [-0.05, 0) is 17.7 Å². The first-order chi connectivity index (χ1) is 6.25. The second-order valence-electron chi connectivity index (χ2n) is 2.74. The van der Waals surface area contributed by atoms with Crippen molar-refractivity contribution in [2.45, 2.75) is 5.75 Å². The summed E-state index contributed by atoms with van der Waals surface area (Å²) in [6, 6.07) is 7.22. The number of benzene rings is 1. The third kappa shape index (κ3) is 1.79. The SMILES string of the molecule is O=S([O-])Cc1ccc2ccoc2c1. The van der Waals surface area contributed by atoms with Crippen LogP contribution < -0.4 is 0 Å². The third-order valence-corrected chi connectivity index (χ3v) is 2.37. The summed E-state index contributed by atoms with van der Waals surface area (Å²) in [6.07, 6.45) is 1.59. The van der Waals surface area contributed by atoms with Crippen LogP contribution in [0.1, 0.15) is 5.56 Å². The molecule has 0 radical (unpaired) electrons. The molecule has 0 aliphatic heterocycles. The number of hydrogen-bond donors (Lipinski definition) is 0. The lowest BCUT2D eigenvalue weighted by molar-refractivity contribution is 0.536. The molecule has 1 aromatic heterocycles. The molecule has 0 fully saturated rings. The molecule has 0 spiro atoms. The Labute approximate surface area is 77.6 Å². The van der Waals surface area contributed by atoms with E-state index < -0.39 is 11.1 Å². The van der Waals surface area contributed by atoms with E-state index in [9.17, 15) is 8.76 Å². The maximum atomic E-state index is 10.4. The molecule has 3 nitrogen and oxygen atoms in total. The highest BCUT2D eigenvalue weighted by atomic mass is 32.2. The van der Waals surface area contributed by atoms with Gasteiger partial charge in [-0.3, -0.25) is 4.21 Å². The van der Waals surface area contributed by atoms with Crippen LogP contribution in [0.15, 0.2) is 34.9 Å². The normalized spacial score (nSPS) is 13.3. The van der Waals surface area contributed by atoms with Crippen LogP contribution in [0.3, 0.4) is 0 Å². The van der Waals surface area contributed by atoms with Crippen LogP contribution in [-0.2, 0) is 16.8 Å². The lowest BCUT2D eigenvalue weighted by Crippen LogP contribution is -1.92. The summed E-state index contributed by atoms with van der Waals surface area (Å²) in [7, 11) is 0. The summed E-state index contributed by atoms with van der Waals surface area (Å²) in [5.74, 6) is 0.0383. The minimum atomic E-state index is -2.04. The maximum Gasteiger partial charge on any atom is 0.134 e. The highest BCUT2D eigenvalue weighted by molar-refractivity contribution is 7.78. The van der Waals surface area contributed by atoms with E-state index >= 15 is 0 Å². The first-order valence-electron chi connectivity index (χ1n) is 3.78. The van der Waals surface area contributed by atoms with Gasteiger partial charge in [-0.1, -0.05) is 23.2 Å². The minimum absolute atomic E-state index is 0.0383. The average Bonchev–Trinajstić information content (AvgIpc) is 2.49. The molecule has 1 unspecified atom stereocenters. The van der Waals surface area contributed by atoms with Crippen LogP contribution in [0.5, 0.6) is 0 Å². The molecule has 0 saturated carbocycles. The van der Waals surface area contributed by atoms with Crippen molar-refractivity contribution < 1.29 is 13.2 Å². The predicted molar refractivity (Wildman–Crippen MR) is 48.8 cm³/mol. The molecule has 68 valence electrons. The van der Waals surface area contributed by atoms with Gasteiger partial charge in [0, 0.05) is 11.1 Å². The molecule has 0 aliphatic carbocycles. The predicted octanol–water partition coefficient (Wildman–Crippen LogP) is 1.81. The summed E-state index contributed by atoms with van der Waals surface area (Å²) in [5, 5.41) is 0.987. The molecule has 0 bridgehead atoms. The standard InChI is InChI=1S/C9H8O3S/c10-13(11)6-7-1-2-8-3-4-12-9(8)5-7/h1-5H,6H2,(H,10,11)/p-1. The second-order valence-corrected chi connectivity index (χ2v) is 3.64. The molecule has 4 heteroatoms. The van der Waals surface area contributed by atoms with Gasteiger partial charge in [0.05, 0.1) is 6.26 Å². The van der Waals surface area contributed by atoms with E-state index in [0.717, 1.165) is 16.5 Å². The maximum absolute atomic E-state index is 10.4. The monoisotopic (exact) mass is 195 g/mol. The van der Waals surface area contributed by atoms with Crippen LogP contribution in [-0.4, -0.2) is 8.76 Å². The Morgan fingerprint density at radius 2 is 2.23 bits per heavy atom. The van der Waals surface area contributed by atoms with E-state index in [1.54, 1.807) is 18.4 Å². The molecule has 2 aromatic rings. The third-order valence-electron chi connectivity index (χ3n) is 1.81. The van der Waals surface area contributed by atoms with Gasteiger partial charge in [0.1, 0.15) is 5.58 Å². The average molecular weight is 195 g/mol. The Morgan fingerprint density at radius 1 is 1.38 bits per heavy atom. The Kier molecular flexibility index (Phi) is 2.16. The van der Waals surface area contributed by atoms with Crippen molar-refractivity contribution in [1.29, 1.82) is 0 Å². The largest absolute Gasteiger partial charge is 0.772 e. The summed E-state index contributed by atoms with van der Waals surface area (Å²) in [4.78, 5) is 0. The van der Waals surface area contributed by atoms with Gasteiger partial charge in [0.25, 0.3) is 0 Å². The summed E-state index contributed by atoms with van der Waals surface area (Å²) in [6.45, 7) is 0. The fraction of sp³-hybridized carbons (Fsp3) is 0.111. The van der Waals surface area contributed by atoms with Crippen molar-refractivity contribution in [3.63, 3.8) is 0 Å². The lowest BCUT2D eigenvalue weighted by atomic mass is 10.2. The Morgan fingerprint density at radius 3 is 3.00 bits per heavy atom. The first-order valence-corrected chi connectivity index (χ1v) is 5.02. The van der Waals surface area contributed by atoms with Crippen LogP contribution >= 0.6 is 0 Å².